The molecule has 12 heteroatoms. The van der Waals surface area contributed by atoms with Gasteiger partial charge in [0.15, 0.2) is 17.7 Å². The van der Waals surface area contributed by atoms with Crippen LogP contribution in [0.3, 0.4) is 0 Å². The molecule has 1 aromatic carbocycles. The smallest absolute Gasteiger partial charge is 0.272 e. The van der Waals surface area contributed by atoms with E-state index < -0.39 is 31.1 Å². The Morgan fingerprint density at radius 1 is 1.10 bits per heavy atom. The first-order chi connectivity index (χ1) is 14.0. The molecule has 3 heterocycles. The molecule has 29 heavy (non-hydrogen) atoms. The van der Waals surface area contributed by atoms with E-state index in [0.29, 0.717) is 17.7 Å². The molecule has 1 aliphatic heterocycles. The predicted octanol–water partition coefficient (Wildman–Crippen LogP) is -0.114. The van der Waals surface area contributed by atoms with Crippen LogP contribution in [0.15, 0.2) is 40.8 Å². The summed E-state index contributed by atoms with van der Waals surface area (Å²) in [5.74, 6) is 0.0980. The summed E-state index contributed by atoms with van der Waals surface area (Å²) in [5, 5.41) is 37.6. The van der Waals surface area contributed by atoms with E-state index in [1.807, 2.05) is 12.1 Å². The molecule has 4 atom stereocenters. The molecule has 12 nitrogen and oxygen atoms in total. The molecule has 7 N–H and O–H groups in total. The van der Waals surface area contributed by atoms with Crippen molar-refractivity contribution in [2.75, 3.05) is 18.1 Å². The van der Waals surface area contributed by atoms with Crippen molar-refractivity contribution in [2.24, 2.45) is 10.2 Å². The van der Waals surface area contributed by atoms with Gasteiger partial charge in [0.2, 0.25) is 0 Å². The van der Waals surface area contributed by atoms with Gasteiger partial charge in [-0.2, -0.15) is 15.1 Å². The van der Waals surface area contributed by atoms with Crippen LogP contribution < -0.4 is 11.5 Å². The minimum absolute atomic E-state index is 0.0129. The number of benzene rings is 1. The zero-order valence-electron chi connectivity index (χ0n) is 15.2. The van der Waals surface area contributed by atoms with Gasteiger partial charge in [0, 0.05) is 5.69 Å². The van der Waals surface area contributed by atoms with Gasteiger partial charge in [-0.05, 0) is 17.7 Å². The third-order valence-corrected chi connectivity index (χ3v) is 4.62. The van der Waals surface area contributed by atoms with Crippen molar-refractivity contribution in [3.05, 3.63) is 36.2 Å². The lowest BCUT2D eigenvalue weighted by Crippen LogP contribution is -2.33. The minimum Gasteiger partial charge on any atom is -0.399 e. The van der Waals surface area contributed by atoms with E-state index in [1.165, 1.54) is 10.9 Å². The highest BCUT2D eigenvalue weighted by atomic mass is 16.6. The highest BCUT2D eigenvalue weighted by molar-refractivity contribution is 5.82. The first kappa shape index (κ1) is 19.1. The lowest BCUT2D eigenvalue weighted by Gasteiger charge is -2.16. The van der Waals surface area contributed by atoms with Crippen molar-refractivity contribution in [1.82, 2.24) is 19.5 Å². The van der Waals surface area contributed by atoms with Gasteiger partial charge < -0.3 is 31.5 Å². The van der Waals surface area contributed by atoms with Crippen molar-refractivity contribution >= 4 is 28.6 Å². The molecule has 0 saturated carbocycles. The summed E-state index contributed by atoms with van der Waals surface area (Å²) in [6.07, 6.45) is -3.09. The van der Waals surface area contributed by atoms with Crippen LogP contribution in [0.5, 0.6) is 0 Å². The molecule has 1 fully saturated rings. The Morgan fingerprint density at radius 3 is 2.55 bits per heavy atom. The fourth-order valence-electron chi connectivity index (χ4n) is 3.07. The van der Waals surface area contributed by atoms with Crippen molar-refractivity contribution in [3.8, 4) is 0 Å². The lowest BCUT2D eigenvalue weighted by molar-refractivity contribution is -0.0511. The van der Waals surface area contributed by atoms with Crippen molar-refractivity contribution in [2.45, 2.75) is 31.1 Å². The molecule has 2 aromatic heterocycles. The number of ether oxygens (including phenoxy) is 1. The Balaban J connectivity index is 1.61. The Labute approximate surface area is 164 Å². The Hall–Kier alpha value is -3.19. The SMILES string of the molecule is Nc1ccc(CN=Nc2nc(N)c3ncn([C@@H]4O[C@H](CO)C(O)C4O)c3n2)cc1. The summed E-state index contributed by atoms with van der Waals surface area (Å²) < 4.78 is 6.94. The molecular formula is C17H20N8O4. The van der Waals surface area contributed by atoms with E-state index >= 15 is 0 Å². The number of nitrogen functional groups attached to an aromatic ring is 2. The molecule has 1 aliphatic rings. The number of aromatic nitrogens is 4. The Kier molecular flexibility index (Phi) is 5.07. The monoisotopic (exact) mass is 400 g/mol. The van der Waals surface area contributed by atoms with Gasteiger partial charge in [0.25, 0.3) is 5.95 Å². The molecule has 0 spiro atoms. The molecular weight excluding hydrogens is 380 g/mol. The van der Waals surface area contributed by atoms with Gasteiger partial charge in [0.1, 0.15) is 23.8 Å². The number of aliphatic hydroxyl groups is 3. The zero-order chi connectivity index (χ0) is 20.5. The Morgan fingerprint density at radius 2 is 1.86 bits per heavy atom. The number of aliphatic hydroxyl groups excluding tert-OH is 3. The predicted molar refractivity (Wildman–Crippen MR) is 102 cm³/mol. The number of nitrogens with zero attached hydrogens (tertiary/aromatic N) is 6. The minimum atomic E-state index is -1.28. The maximum Gasteiger partial charge on any atom is 0.272 e. The summed E-state index contributed by atoms with van der Waals surface area (Å²) in [5.41, 5.74) is 13.7. The highest BCUT2D eigenvalue weighted by Gasteiger charge is 2.44. The third kappa shape index (κ3) is 3.61. The number of hydrogen-bond acceptors (Lipinski definition) is 11. The zero-order valence-corrected chi connectivity index (χ0v) is 15.2. The summed E-state index contributed by atoms with van der Waals surface area (Å²) in [6, 6.07) is 7.21. The third-order valence-electron chi connectivity index (χ3n) is 4.62. The van der Waals surface area contributed by atoms with Gasteiger partial charge in [-0.15, -0.1) is 5.11 Å². The van der Waals surface area contributed by atoms with Crippen LogP contribution in [0, 0.1) is 0 Å². The second-order valence-corrected chi connectivity index (χ2v) is 6.60. The number of fused-ring (bicyclic) bond motifs is 1. The summed E-state index contributed by atoms with van der Waals surface area (Å²) >= 11 is 0. The maximum absolute atomic E-state index is 10.3. The fourth-order valence-corrected chi connectivity index (χ4v) is 3.07. The molecule has 4 rings (SSSR count). The molecule has 3 aromatic rings. The number of rotatable bonds is 5. The lowest BCUT2D eigenvalue weighted by atomic mass is 10.1. The van der Waals surface area contributed by atoms with Crippen LogP contribution in [0.4, 0.5) is 17.5 Å². The number of imidazole rings is 1. The van der Waals surface area contributed by atoms with Gasteiger partial charge >= 0.3 is 0 Å². The van der Waals surface area contributed by atoms with Crippen LogP contribution >= 0.6 is 0 Å². The summed E-state index contributed by atoms with van der Waals surface area (Å²) in [7, 11) is 0. The standard InChI is InChI=1S/C17H20N8O4/c18-9-3-1-8(2-4-9)5-21-24-17-22-14(19)11-15(23-17)25(7-20-11)16-13(28)12(27)10(6-26)29-16/h1-4,7,10,12-13,16,26-28H,5-6,18H2,(H2,19,22,23)/t10-,12?,13?,16-/m1/s1. The second kappa shape index (κ2) is 7.67. The largest absolute Gasteiger partial charge is 0.399 e. The van der Waals surface area contributed by atoms with Crippen molar-refractivity contribution in [1.29, 1.82) is 0 Å². The van der Waals surface area contributed by atoms with Gasteiger partial charge in [-0.25, -0.2) is 4.98 Å². The van der Waals surface area contributed by atoms with E-state index in [1.54, 1.807) is 12.1 Å². The second-order valence-electron chi connectivity index (χ2n) is 6.60. The van der Waals surface area contributed by atoms with E-state index in [2.05, 4.69) is 25.2 Å². The maximum atomic E-state index is 10.3. The number of azo groups is 1. The first-order valence-corrected chi connectivity index (χ1v) is 8.82. The van der Waals surface area contributed by atoms with E-state index in [9.17, 15) is 15.3 Å². The number of hydrogen-bond donors (Lipinski definition) is 5. The molecule has 0 radical (unpaired) electrons. The van der Waals surface area contributed by atoms with Crippen LogP contribution in [0.2, 0.25) is 0 Å². The van der Waals surface area contributed by atoms with E-state index in [4.69, 9.17) is 16.2 Å². The van der Waals surface area contributed by atoms with E-state index in [0.717, 1.165) is 5.56 Å². The molecule has 2 unspecified atom stereocenters. The van der Waals surface area contributed by atoms with Gasteiger partial charge in [0.05, 0.1) is 19.5 Å². The van der Waals surface area contributed by atoms with Crippen LogP contribution in [0.25, 0.3) is 11.2 Å². The van der Waals surface area contributed by atoms with Crippen molar-refractivity contribution < 1.29 is 20.1 Å². The molecule has 1 saturated heterocycles. The quantitative estimate of drug-likeness (QED) is 0.287. The van der Waals surface area contributed by atoms with Gasteiger partial charge in [-0.1, -0.05) is 12.1 Å². The molecule has 152 valence electrons. The topological polar surface area (TPSA) is 190 Å². The number of nitrogens with two attached hydrogens (primary N) is 2. The Bertz CT molecular complexity index is 1040. The molecule has 0 amide bonds. The van der Waals surface area contributed by atoms with Crippen LogP contribution in [-0.2, 0) is 11.3 Å². The van der Waals surface area contributed by atoms with Crippen LogP contribution in [-0.4, -0.2) is 59.8 Å². The summed E-state index contributed by atoms with van der Waals surface area (Å²) in [6.45, 7) is -0.140. The first-order valence-electron chi connectivity index (χ1n) is 8.82. The average molecular weight is 400 g/mol. The normalized spacial score (nSPS) is 24.7. The molecule has 0 aliphatic carbocycles. The highest BCUT2D eigenvalue weighted by Crippen LogP contribution is 2.32. The summed E-state index contributed by atoms with van der Waals surface area (Å²) in [4.78, 5) is 12.5. The average Bonchev–Trinajstić information content (AvgIpc) is 3.25. The van der Waals surface area contributed by atoms with E-state index in [-0.39, 0.29) is 17.4 Å². The number of anilines is 2. The van der Waals surface area contributed by atoms with Gasteiger partial charge in [-0.3, -0.25) is 4.57 Å². The molecule has 0 bridgehead atoms. The fraction of sp³-hybridized carbons (Fsp3) is 0.353. The van der Waals surface area contributed by atoms with Crippen LogP contribution in [0.1, 0.15) is 11.8 Å². The van der Waals surface area contributed by atoms with Crippen molar-refractivity contribution in [3.63, 3.8) is 0 Å².